The van der Waals surface area contributed by atoms with E-state index in [-0.39, 0.29) is 12.6 Å². The predicted octanol–water partition coefficient (Wildman–Crippen LogP) is 3.03. The van der Waals surface area contributed by atoms with E-state index in [1.165, 1.54) is 0 Å². The zero-order valence-corrected chi connectivity index (χ0v) is 9.70. The highest BCUT2D eigenvalue weighted by molar-refractivity contribution is 7.10. The minimum Gasteiger partial charge on any atom is -0.372 e. The van der Waals surface area contributed by atoms with E-state index in [0.717, 1.165) is 10.4 Å². The van der Waals surface area contributed by atoms with Crippen LogP contribution in [0.4, 0.5) is 13.2 Å². The first kappa shape index (κ1) is 13.5. The number of thiophene rings is 1. The molecule has 92 valence electrons. The second kappa shape index (κ2) is 5.65. The van der Waals surface area contributed by atoms with Crippen LogP contribution >= 0.6 is 11.3 Å². The zero-order chi connectivity index (χ0) is 12.2. The Bertz CT molecular complexity index is 324. The van der Waals surface area contributed by atoms with Gasteiger partial charge in [0.2, 0.25) is 0 Å². The molecule has 16 heavy (non-hydrogen) atoms. The summed E-state index contributed by atoms with van der Waals surface area (Å²) in [6.45, 7) is 0.759. The molecule has 2 nitrogen and oxygen atoms in total. The molecule has 0 aromatic carbocycles. The topological polar surface area (TPSA) is 35.2 Å². The summed E-state index contributed by atoms with van der Waals surface area (Å²) in [6, 6.07) is 1.65. The number of rotatable bonds is 5. The van der Waals surface area contributed by atoms with Crippen molar-refractivity contribution in [2.75, 3.05) is 13.2 Å². The molecular formula is C10H14F3NOS. The number of alkyl halides is 3. The maximum absolute atomic E-state index is 11.8. The van der Waals surface area contributed by atoms with Crippen molar-refractivity contribution in [3.05, 3.63) is 21.9 Å². The van der Waals surface area contributed by atoms with Crippen molar-refractivity contribution >= 4 is 11.3 Å². The van der Waals surface area contributed by atoms with Gasteiger partial charge in [0.15, 0.2) is 0 Å². The maximum atomic E-state index is 11.8. The fraction of sp³-hybridized carbons (Fsp3) is 0.600. The lowest BCUT2D eigenvalue weighted by molar-refractivity contribution is -0.174. The zero-order valence-electron chi connectivity index (χ0n) is 8.88. The Morgan fingerprint density at radius 1 is 1.50 bits per heavy atom. The van der Waals surface area contributed by atoms with Crippen LogP contribution in [0.15, 0.2) is 11.4 Å². The molecule has 0 aliphatic carbocycles. The lowest BCUT2D eigenvalue weighted by Crippen LogP contribution is -2.19. The van der Waals surface area contributed by atoms with Gasteiger partial charge in [0, 0.05) is 17.5 Å². The molecule has 0 spiro atoms. The second-order valence-electron chi connectivity index (χ2n) is 3.50. The number of ether oxygens (including phenoxy) is 1. The molecule has 2 N–H and O–H groups in total. The van der Waals surface area contributed by atoms with E-state index >= 15 is 0 Å². The second-order valence-corrected chi connectivity index (χ2v) is 4.62. The van der Waals surface area contributed by atoms with Crippen LogP contribution in [0.25, 0.3) is 0 Å². The first-order valence-electron chi connectivity index (χ1n) is 4.84. The van der Waals surface area contributed by atoms with Crippen molar-refractivity contribution in [3.8, 4) is 0 Å². The summed E-state index contributed by atoms with van der Waals surface area (Å²) in [5.74, 6) is 0. The fourth-order valence-corrected chi connectivity index (χ4v) is 2.11. The van der Waals surface area contributed by atoms with Crippen LogP contribution in [0.2, 0.25) is 0 Å². The normalized spacial score (nSPS) is 14.1. The van der Waals surface area contributed by atoms with Gasteiger partial charge in [0.1, 0.15) is 6.61 Å². The van der Waals surface area contributed by atoms with Crippen LogP contribution in [0.1, 0.15) is 22.9 Å². The van der Waals surface area contributed by atoms with E-state index in [4.69, 9.17) is 5.73 Å². The predicted molar refractivity (Wildman–Crippen MR) is 57.5 cm³/mol. The van der Waals surface area contributed by atoms with Crippen LogP contribution in [-0.2, 0) is 4.74 Å². The highest BCUT2D eigenvalue weighted by Crippen LogP contribution is 2.23. The van der Waals surface area contributed by atoms with Gasteiger partial charge in [-0.2, -0.15) is 13.2 Å². The average molecular weight is 253 g/mol. The molecule has 0 aliphatic heterocycles. The molecule has 1 unspecified atom stereocenters. The quantitative estimate of drug-likeness (QED) is 0.819. The summed E-state index contributed by atoms with van der Waals surface area (Å²) < 4.78 is 39.8. The summed E-state index contributed by atoms with van der Waals surface area (Å²) in [6.07, 6.45) is -3.87. The van der Waals surface area contributed by atoms with Gasteiger partial charge in [-0.1, -0.05) is 0 Å². The molecule has 0 amide bonds. The van der Waals surface area contributed by atoms with Crippen molar-refractivity contribution in [2.45, 2.75) is 25.6 Å². The highest BCUT2D eigenvalue weighted by atomic mass is 32.1. The van der Waals surface area contributed by atoms with Gasteiger partial charge in [0.05, 0.1) is 0 Å². The third-order valence-corrected chi connectivity index (χ3v) is 3.00. The minimum atomic E-state index is -4.26. The van der Waals surface area contributed by atoms with E-state index < -0.39 is 12.8 Å². The Balaban J connectivity index is 2.26. The van der Waals surface area contributed by atoms with Crippen molar-refractivity contribution in [1.29, 1.82) is 0 Å². The molecule has 0 bridgehead atoms. The molecule has 1 heterocycles. The molecule has 1 atom stereocenters. The summed E-state index contributed by atoms with van der Waals surface area (Å²) in [4.78, 5) is 1.10. The lowest BCUT2D eigenvalue weighted by atomic mass is 10.1. The number of hydrogen-bond donors (Lipinski definition) is 1. The van der Waals surface area contributed by atoms with Gasteiger partial charge in [0.25, 0.3) is 0 Å². The van der Waals surface area contributed by atoms with E-state index in [1.807, 2.05) is 18.4 Å². The van der Waals surface area contributed by atoms with Gasteiger partial charge < -0.3 is 10.5 Å². The molecular weight excluding hydrogens is 239 g/mol. The number of aryl methyl sites for hydroxylation is 1. The molecule has 0 fully saturated rings. The number of hydrogen-bond acceptors (Lipinski definition) is 3. The van der Waals surface area contributed by atoms with E-state index in [9.17, 15) is 13.2 Å². The minimum absolute atomic E-state index is 0.0238. The summed E-state index contributed by atoms with van der Waals surface area (Å²) in [5.41, 5.74) is 6.82. The van der Waals surface area contributed by atoms with Crippen LogP contribution in [0.3, 0.4) is 0 Å². The fourth-order valence-electron chi connectivity index (χ4n) is 1.33. The summed E-state index contributed by atoms with van der Waals surface area (Å²) >= 11 is 1.58. The molecule has 0 aliphatic rings. The van der Waals surface area contributed by atoms with Gasteiger partial charge in [-0.05, 0) is 30.4 Å². The van der Waals surface area contributed by atoms with Crippen LogP contribution in [-0.4, -0.2) is 19.4 Å². The summed E-state index contributed by atoms with van der Waals surface area (Å²) in [7, 11) is 0. The van der Waals surface area contributed by atoms with Crippen molar-refractivity contribution in [1.82, 2.24) is 0 Å². The Morgan fingerprint density at radius 2 is 2.19 bits per heavy atom. The van der Waals surface area contributed by atoms with Gasteiger partial charge >= 0.3 is 6.18 Å². The van der Waals surface area contributed by atoms with Crippen LogP contribution < -0.4 is 5.73 Å². The molecule has 1 aromatic rings. The Labute approximate surface area is 96.2 Å². The molecule has 1 aromatic heterocycles. The lowest BCUT2D eigenvalue weighted by Gasteiger charge is -2.12. The van der Waals surface area contributed by atoms with Crippen LogP contribution in [0.5, 0.6) is 0 Å². The molecule has 6 heteroatoms. The van der Waals surface area contributed by atoms with E-state index in [0.29, 0.717) is 6.42 Å². The molecule has 0 saturated heterocycles. The Hall–Kier alpha value is -0.590. The SMILES string of the molecule is Cc1sccc1C(N)CCOCC(F)(F)F. The monoisotopic (exact) mass is 253 g/mol. The highest BCUT2D eigenvalue weighted by Gasteiger charge is 2.27. The molecule has 0 radical (unpaired) electrons. The first-order valence-corrected chi connectivity index (χ1v) is 5.72. The average Bonchev–Trinajstić information content (AvgIpc) is 2.57. The van der Waals surface area contributed by atoms with Crippen molar-refractivity contribution in [3.63, 3.8) is 0 Å². The Kier molecular flexibility index (Phi) is 4.76. The maximum Gasteiger partial charge on any atom is 0.411 e. The van der Waals surface area contributed by atoms with Gasteiger partial charge in [-0.25, -0.2) is 0 Å². The van der Waals surface area contributed by atoms with E-state index in [1.54, 1.807) is 11.3 Å². The standard InChI is InChI=1S/C10H14F3NOS/c1-7-8(3-5-16-7)9(14)2-4-15-6-10(11,12)13/h3,5,9H,2,4,6,14H2,1H3. The van der Waals surface area contributed by atoms with Crippen LogP contribution in [0, 0.1) is 6.92 Å². The van der Waals surface area contributed by atoms with Gasteiger partial charge in [-0.3, -0.25) is 0 Å². The number of halogens is 3. The van der Waals surface area contributed by atoms with E-state index in [2.05, 4.69) is 4.74 Å². The largest absolute Gasteiger partial charge is 0.411 e. The smallest absolute Gasteiger partial charge is 0.372 e. The number of nitrogens with two attached hydrogens (primary N) is 1. The third kappa shape index (κ3) is 4.51. The molecule has 0 saturated carbocycles. The first-order chi connectivity index (χ1) is 7.40. The molecule has 1 rings (SSSR count). The third-order valence-electron chi connectivity index (χ3n) is 2.14. The Morgan fingerprint density at radius 3 is 2.69 bits per heavy atom. The summed E-state index contributed by atoms with van der Waals surface area (Å²) in [5, 5.41) is 1.92. The van der Waals surface area contributed by atoms with Crippen molar-refractivity contribution in [2.24, 2.45) is 5.73 Å². The van der Waals surface area contributed by atoms with Crippen molar-refractivity contribution < 1.29 is 17.9 Å². The van der Waals surface area contributed by atoms with Gasteiger partial charge in [-0.15, -0.1) is 11.3 Å².